The number of nitrogens with one attached hydrogen (secondary N) is 2. The molecule has 0 spiro atoms. The topological polar surface area (TPSA) is 71.1 Å². The quantitative estimate of drug-likeness (QED) is 0.823. The van der Waals surface area contributed by atoms with Crippen LogP contribution >= 0.6 is 23.2 Å². The fraction of sp³-hybridized carbons (Fsp3) is 0.133. The molecule has 1 heterocycles. The summed E-state index contributed by atoms with van der Waals surface area (Å²) in [6.07, 6.45) is 2.99. The Hall–Kier alpha value is -2.11. The molecule has 5 nitrogen and oxygen atoms in total. The fourth-order valence-corrected chi connectivity index (χ4v) is 2.05. The van der Waals surface area contributed by atoms with E-state index in [-0.39, 0.29) is 17.4 Å². The third-order valence-electron chi connectivity index (χ3n) is 2.76. The number of benzene rings is 1. The number of anilines is 1. The van der Waals surface area contributed by atoms with Gasteiger partial charge in [-0.2, -0.15) is 0 Å². The van der Waals surface area contributed by atoms with Gasteiger partial charge in [-0.1, -0.05) is 35.3 Å². The highest BCUT2D eigenvalue weighted by molar-refractivity contribution is 6.44. The Kier molecular flexibility index (Phi) is 5.75. The van der Waals surface area contributed by atoms with E-state index in [9.17, 15) is 9.59 Å². The van der Waals surface area contributed by atoms with Crippen LogP contribution < -0.4 is 10.6 Å². The van der Waals surface area contributed by atoms with E-state index in [0.717, 1.165) is 5.56 Å². The van der Waals surface area contributed by atoms with Gasteiger partial charge in [0, 0.05) is 18.9 Å². The van der Waals surface area contributed by atoms with E-state index in [0.29, 0.717) is 17.3 Å². The monoisotopic (exact) mass is 337 g/mol. The largest absolute Gasteiger partial charge is 0.352 e. The Labute approximate surface area is 137 Å². The van der Waals surface area contributed by atoms with Crippen LogP contribution in [-0.2, 0) is 16.1 Å². The molecule has 1 aromatic heterocycles. The standard InChI is InChI=1S/C15H13Cl2N3O2/c16-11-4-1-5-12(15(11)17)20-14(22)7-13(21)19-9-10-3-2-6-18-8-10/h1-6,8H,7,9H2,(H,19,21)(H,20,22). The molecule has 7 heteroatoms. The normalized spacial score (nSPS) is 10.1. The average molecular weight is 338 g/mol. The molecule has 2 rings (SSSR count). The highest BCUT2D eigenvalue weighted by Gasteiger charge is 2.12. The molecule has 0 unspecified atom stereocenters. The average Bonchev–Trinajstić information content (AvgIpc) is 2.51. The van der Waals surface area contributed by atoms with Crippen LogP contribution in [0.15, 0.2) is 42.7 Å². The Morgan fingerprint density at radius 1 is 1.09 bits per heavy atom. The van der Waals surface area contributed by atoms with E-state index in [1.54, 1.807) is 36.7 Å². The number of rotatable bonds is 5. The number of nitrogens with zero attached hydrogens (tertiary/aromatic N) is 1. The fourth-order valence-electron chi connectivity index (χ4n) is 1.71. The summed E-state index contributed by atoms with van der Waals surface area (Å²) in [5.41, 5.74) is 1.23. The smallest absolute Gasteiger partial charge is 0.233 e. The molecule has 0 aliphatic rings. The van der Waals surface area contributed by atoms with Crippen molar-refractivity contribution in [2.24, 2.45) is 0 Å². The lowest BCUT2D eigenvalue weighted by atomic mass is 10.2. The van der Waals surface area contributed by atoms with Gasteiger partial charge in [0.05, 0.1) is 15.7 Å². The highest BCUT2D eigenvalue weighted by atomic mass is 35.5. The molecule has 0 atom stereocenters. The molecule has 1 aromatic carbocycles. The van der Waals surface area contributed by atoms with Crippen molar-refractivity contribution in [1.29, 1.82) is 0 Å². The number of carbonyl (C=O) groups is 2. The SMILES string of the molecule is O=C(CC(=O)Nc1cccc(Cl)c1Cl)NCc1cccnc1. The molecule has 0 radical (unpaired) electrons. The first-order valence-electron chi connectivity index (χ1n) is 6.45. The van der Waals surface area contributed by atoms with Crippen LogP contribution in [0, 0.1) is 0 Å². The molecule has 114 valence electrons. The third kappa shape index (κ3) is 4.72. The van der Waals surface area contributed by atoms with Gasteiger partial charge in [-0.25, -0.2) is 0 Å². The number of pyridine rings is 1. The summed E-state index contributed by atoms with van der Waals surface area (Å²) in [6.45, 7) is 0.317. The van der Waals surface area contributed by atoms with Crippen LogP contribution in [0.25, 0.3) is 0 Å². The molecule has 22 heavy (non-hydrogen) atoms. The van der Waals surface area contributed by atoms with Crippen molar-refractivity contribution in [3.8, 4) is 0 Å². The lowest BCUT2D eigenvalue weighted by Gasteiger charge is -2.08. The van der Waals surface area contributed by atoms with Crippen LogP contribution in [0.4, 0.5) is 5.69 Å². The Morgan fingerprint density at radius 3 is 2.64 bits per heavy atom. The predicted octanol–water partition coefficient (Wildman–Crippen LogP) is 3.03. The number of carbonyl (C=O) groups excluding carboxylic acids is 2. The number of halogens is 2. The zero-order chi connectivity index (χ0) is 15.9. The minimum atomic E-state index is -0.465. The minimum Gasteiger partial charge on any atom is -0.352 e. The number of hydrogen-bond acceptors (Lipinski definition) is 3. The van der Waals surface area contributed by atoms with Gasteiger partial charge < -0.3 is 10.6 Å². The van der Waals surface area contributed by atoms with Crippen molar-refractivity contribution in [2.45, 2.75) is 13.0 Å². The first-order chi connectivity index (χ1) is 10.6. The molecule has 0 aliphatic heterocycles. The van der Waals surface area contributed by atoms with E-state index in [1.807, 2.05) is 6.07 Å². The van der Waals surface area contributed by atoms with Gasteiger partial charge in [-0.05, 0) is 23.8 Å². The third-order valence-corrected chi connectivity index (χ3v) is 3.58. The van der Waals surface area contributed by atoms with Crippen LogP contribution in [0.2, 0.25) is 10.0 Å². The first-order valence-corrected chi connectivity index (χ1v) is 7.21. The summed E-state index contributed by atoms with van der Waals surface area (Å²) in [5.74, 6) is -0.854. The van der Waals surface area contributed by atoms with E-state index in [2.05, 4.69) is 15.6 Å². The molecule has 0 saturated heterocycles. The number of aromatic nitrogens is 1. The Balaban J connectivity index is 1.84. The maximum Gasteiger partial charge on any atom is 0.233 e. The zero-order valence-corrected chi connectivity index (χ0v) is 13.0. The maximum absolute atomic E-state index is 11.8. The summed E-state index contributed by atoms with van der Waals surface area (Å²) in [6, 6.07) is 8.49. The molecule has 0 fully saturated rings. The van der Waals surface area contributed by atoms with E-state index >= 15 is 0 Å². The minimum absolute atomic E-state index is 0.244. The summed E-state index contributed by atoms with van der Waals surface area (Å²) < 4.78 is 0. The van der Waals surface area contributed by atoms with Gasteiger partial charge in [-0.15, -0.1) is 0 Å². The second-order valence-electron chi connectivity index (χ2n) is 4.46. The molecule has 2 aromatic rings. The molecular formula is C15H13Cl2N3O2. The van der Waals surface area contributed by atoms with Gasteiger partial charge in [0.1, 0.15) is 6.42 Å². The highest BCUT2D eigenvalue weighted by Crippen LogP contribution is 2.29. The summed E-state index contributed by atoms with van der Waals surface area (Å²) in [7, 11) is 0. The predicted molar refractivity (Wildman–Crippen MR) is 85.8 cm³/mol. The van der Waals surface area contributed by atoms with Gasteiger partial charge in [0.2, 0.25) is 11.8 Å². The Bertz CT molecular complexity index is 678. The number of amides is 2. The molecule has 2 N–H and O–H groups in total. The van der Waals surface area contributed by atoms with Crippen molar-refractivity contribution in [1.82, 2.24) is 10.3 Å². The van der Waals surface area contributed by atoms with Gasteiger partial charge in [-0.3, -0.25) is 14.6 Å². The van der Waals surface area contributed by atoms with E-state index < -0.39 is 5.91 Å². The summed E-state index contributed by atoms with van der Waals surface area (Å²) in [5, 5.41) is 5.77. The Morgan fingerprint density at radius 2 is 1.91 bits per heavy atom. The van der Waals surface area contributed by atoms with E-state index in [4.69, 9.17) is 23.2 Å². The summed E-state index contributed by atoms with van der Waals surface area (Å²) in [4.78, 5) is 27.5. The lowest BCUT2D eigenvalue weighted by Crippen LogP contribution is -2.27. The van der Waals surface area contributed by atoms with Crippen molar-refractivity contribution in [2.75, 3.05) is 5.32 Å². The second-order valence-corrected chi connectivity index (χ2v) is 5.25. The first kappa shape index (κ1) is 16.3. The van der Waals surface area contributed by atoms with Crippen molar-refractivity contribution < 1.29 is 9.59 Å². The van der Waals surface area contributed by atoms with Crippen LogP contribution in [0.5, 0.6) is 0 Å². The molecule has 0 saturated carbocycles. The molecule has 2 amide bonds. The van der Waals surface area contributed by atoms with Crippen molar-refractivity contribution >= 4 is 40.7 Å². The zero-order valence-electron chi connectivity index (χ0n) is 11.5. The van der Waals surface area contributed by atoms with Crippen LogP contribution in [0.3, 0.4) is 0 Å². The number of hydrogen-bond donors (Lipinski definition) is 2. The van der Waals surface area contributed by atoms with Gasteiger partial charge in [0.25, 0.3) is 0 Å². The van der Waals surface area contributed by atoms with Crippen molar-refractivity contribution in [3.05, 3.63) is 58.3 Å². The van der Waals surface area contributed by atoms with E-state index in [1.165, 1.54) is 0 Å². The molecular weight excluding hydrogens is 325 g/mol. The van der Waals surface area contributed by atoms with Crippen LogP contribution in [0.1, 0.15) is 12.0 Å². The van der Waals surface area contributed by atoms with Gasteiger partial charge >= 0.3 is 0 Å². The van der Waals surface area contributed by atoms with Gasteiger partial charge in [0.15, 0.2) is 0 Å². The second kappa shape index (κ2) is 7.77. The maximum atomic E-state index is 11.8. The van der Waals surface area contributed by atoms with Crippen LogP contribution in [-0.4, -0.2) is 16.8 Å². The molecule has 0 bridgehead atoms. The van der Waals surface area contributed by atoms with Crippen molar-refractivity contribution in [3.63, 3.8) is 0 Å². The molecule has 0 aliphatic carbocycles. The lowest BCUT2D eigenvalue weighted by molar-refractivity contribution is -0.126. The summed E-state index contributed by atoms with van der Waals surface area (Å²) >= 11 is 11.8.